The number of aromatic nitrogens is 5. The Balaban J connectivity index is 1.59. The van der Waals surface area contributed by atoms with Crippen LogP contribution in [0.3, 0.4) is 0 Å². The lowest BCUT2D eigenvalue weighted by Crippen LogP contribution is -2.08. The molecule has 0 saturated heterocycles. The maximum absolute atomic E-state index is 5.79. The average Bonchev–Trinajstić information content (AvgIpc) is 3.48. The molecule has 8 nitrogen and oxygen atoms in total. The topological polar surface area (TPSA) is 107 Å². The van der Waals surface area contributed by atoms with E-state index in [2.05, 4.69) is 56.9 Å². The highest BCUT2D eigenvalue weighted by atomic mass is 32.2. The smallest absolute Gasteiger partial charge is 0.164 e. The molecule has 162 valence electrons. The van der Waals surface area contributed by atoms with Crippen molar-refractivity contribution in [1.82, 2.24) is 24.5 Å². The van der Waals surface area contributed by atoms with E-state index < -0.39 is 0 Å². The second-order valence-corrected chi connectivity index (χ2v) is 9.29. The Morgan fingerprint density at radius 2 is 2.03 bits per heavy atom. The first-order valence-electron chi connectivity index (χ1n) is 10.6. The van der Waals surface area contributed by atoms with Crippen molar-refractivity contribution in [2.24, 2.45) is 10.1 Å². The standard InChI is InChI=1S/C22H28N8S/c1-13(2)22-27-17-12-25-20(9-18(17)30(22)14(3)4)28-19-7-8-24-21(29-19)15(10-23)11-26-31-16-5-6-16/h7-14,16H,5-6,23H2,1-4H3,(H,24,25,28,29). The molecule has 0 aromatic carbocycles. The zero-order valence-corrected chi connectivity index (χ0v) is 19.1. The number of nitrogens with one attached hydrogen (secondary N) is 1. The maximum atomic E-state index is 5.79. The number of hydrogen-bond donors (Lipinski definition) is 2. The molecular weight excluding hydrogens is 408 g/mol. The van der Waals surface area contributed by atoms with E-state index in [0.29, 0.717) is 40.2 Å². The van der Waals surface area contributed by atoms with Crippen LogP contribution in [0.5, 0.6) is 0 Å². The van der Waals surface area contributed by atoms with Crippen molar-refractivity contribution in [1.29, 1.82) is 0 Å². The van der Waals surface area contributed by atoms with Crippen LogP contribution < -0.4 is 11.1 Å². The van der Waals surface area contributed by atoms with E-state index in [0.717, 1.165) is 16.9 Å². The van der Waals surface area contributed by atoms with Gasteiger partial charge in [0, 0.05) is 41.9 Å². The lowest BCUT2D eigenvalue weighted by atomic mass is 10.2. The zero-order chi connectivity index (χ0) is 22.0. The summed E-state index contributed by atoms with van der Waals surface area (Å²) < 4.78 is 6.66. The maximum Gasteiger partial charge on any atom is 0.164 e. The molecule has 0 amide bonds. The molecule has 1 aliphatic rings. The van der Waals surface area contributed by atoms with Crippen LogP contribution in [0.1, 0.15) is 64.1 Å². The van der Waals surface area contributed by atoms with Gasteiger partial charge in [-0.05, 0) is 44.7 Å². The molecular formula is C22H28N8S. The average molecular weight is 437 g/mol. The van der Waals surface area contributed by atoms with Gasteiger partial charge in [0.2, 0.25) is 0 Å². The molecule has 1 saturated carbocycles. The predicted molar refractivity (Wildman–Crippen MR) is 129 cm³/mol. The molecule has 0 bridgehead atoms. The van der Waals surface area contributed by atoms with Gasteiger partial charge in [-0.1, -0.05) is 13.8 Å². The van der Waals surface area contributed by atoms with E-state index in [1.807, 2.05) is 6.07 Å². The van der Waals surface area contributed by atoms with Gasteiger partial charge in [0.05, 0.1) is 17.3 Å². The minimum Gasteiger partial charge on any atom is -0.404 e. The van der Waals surface area contributed by atoms with Crippen molar-refractivity contribution < 1.29 is 0 Å². The third kappa shape index (κ3) is 4.87. The summed E-state index contributed by atoms with van der Waals surface area (Å²) in [6, 6.07) is 4.12. The largest absolute Gasteiger partial charge is 0.404 e. The Morgan fingerprint density at radius 3 is 2.71 bits per heavy atom. The number of anilines is 2. The van der Waals surface area contributed by atoms with Crippen molar-refractivity contribution >= 4 is 46.4 Å². The first-order chi connectivity index (χ1) is 15.0. The van der Waals surface area contributed by atoms with Crippen LogP contribution in [0.2, 0.25) is 0 Å². The molecule has 3 aromatic rings. The van der Waals surface area contributed by atoms with Crippen LogP contribution in [-0.4, -0.2) is 36.0 Å². The van der Waals surface area contributed by atoms with Gasteiger partial charge in [-0.3, -0.25) is 0 Å². The van der Waals surface area contributed by atoms with E-state index >= 15 is 0 Å². The molecule has 3 heterocycles. The molecule has 0 aliphatic heterocycles. The van der Waals surface area contributed by atoms with Gasteiger partial charge in [-0.2, -0.15) is 0 Å². The Labute approximate surface area is 186 Å². The van der Waals surface area contributed by atoms with Crippen molar-refractivity contribution in [3.05, 3.63) is 42.4 Å². The third-order valence-electron chi connectivity index (χ3n) is 4.91. The van der Waals surface area contributed by atoms with Crippen LogP contribution in [0, 0.1) is 0 Å². The fourth-order valence-electron chi connectivity index (χ4n) is 3.26. The monoisotopic (exact) mass is 436 g/mol. The second-order valence-electron chi connectivity index (χ2n) is 8.20. The molecule has 0 unspecified atom stereocenters. The molecule has 3 N–H and O–H groups in total. The van der Waals surface area contributed by atoms with Crippen molar-refractivity contribution in [2.45, 2.75) is 57.7 Å². The fourth-order valence-corrected chi connectivity index (χ4v) is 3.95. The third-order valence-corrected chi connectivity index (χ3v) is 5.91. The summed E-state index contributed by atoms with van der Waals surface area (Å²) in [7, 11) is 0. The molecule has 1 fully saturated rings. The van der Waals surface area contributed by atoms with Gasteiger partial charge in [-0.15, -0.1) is 0 Å². The Bertz CT molecular complexity index is 1130. The van der Waals surface area contributed by atoms with E-state index in [4.69, 9.17) is 10.7 Å². The first kappa shape index (κ1) is 21.3. The van der Waals surface area contributed by atoms with Crippen LogP contribution in [-0.2, 0) is 0 Å². The molecule has 1 aliphatic carbocycles. The van der Waals surface area contributed by atoms with Crippen LogP contribution in [0.4, 0.5) is 11.6 Å². The first-order valence-corrected chi connectivity index (χ1v) is 11.4. The van der Waals surface area contributed by atoms with Gasteiger partial charge >= 0.3 is 0 Å². The highest BCUT2D eigenvalue weighted by molar-refractivity contribution is 7.99. The molecule has 4 rings (SSSR count). The van der Waals surface area contributed by atoms with Gasteiger partial charge in [-0.25, -0.2) is 24.3 Å². The number of fused-ring (bicyclic) bond motifs is 1. The number of nitrogens with zero attached hydrogens (tertiary/aromatic N) is 6. The summed E-state index contributed by atoms with van der Waals surface area (Å²) in [4.78, 5) is 18.2. The highest BCUT2D eigenvalue weighted by Crippen LogP contribution is 2.34. The summed E-state index contributed by atoms with van der Waals surface area (Å²) >= 11 is 1.58. The van der Waals surface area contributed by atoms with Crippen LogP contribution >= 0.6 is 11.9 Å². The fraction of sp³-hybridized carbons (Fsp3) is 0.409. The number of allylic oxidation sites excluding steroid dienone is 1. The molecule has 31 heavy (non-hydrogen) atoms. The van der Waals surface area contributed by atoms with Crippen LogP contribution in [0.15, 0.2) is 35.1 Å². The molecule has 0 radical (unpaired) electrons. The van der Waals surface area contributed by atoms with Gasteiger partial charge < -0.3 is 15.6 Å². The van der Waals surface area contributed by atoms with Crippen LogP contribution in [0.25, 0.3) is 16.6 Å². The number of pyridine rings is 1. The quantitative estimate of drug-likeness (QED) is 0.384. The van der Waals surface area contributed by atoms with E-state index in [9.17, 15) is 0 Å². The van der Waals surface area contributed by atoms with E-state index in [1.54, 1.807) is 36.6 Å². The lowest BCUT2D eigenvalue weighted by molar-refractivity contribution is 0.564. The SMILES string of the molecule is CC(C)c1nc2cnc(Nc3ccnc(C(C=NSC4CC4)=CN)n3)cc2n1C(C)C. The van der Waals surface area contributed by atoms with Crippen molar-refractivity contribution in [3.63, 3.8) is 0 Å². The molecule has 3 aromatic heterocycles. The lowest BCUT2D eigenvalue weighted by Gasteiger charge is -2.15. The highest BCUT2D eigenvalue weighted by Gasteiger charge is 2.21. The number of imidazole rings is 1. The van der Waals surface area contributed by atoms with Crippen molar-refractivity contribution in [3.8, 4) is 0 Å². The molecule has 0 atom stereocenters. The molecule has 9 heteroatoms. The van der Waals surface area contributed by atoms with E-state index in [1.165, 1.54) is 19.0 Å². The minimum absolute atomic E-state index is 0.299. The number of nitrogens with two attached hydrogens (primary N) is 1. The summed E-state index contributed by atoms with van der Waals surface area (Å²) in [6.07, 6.45) is 9.16. The van der Waals surface area contributed by atoms with Gasteiger partial charge in [0.25, 0.3) is 0 Å². The number of hydrogen-bond acceptors (Lipinski definition) is 8. The predicted octanol–water partition coefficient (Wildman–Crippen LogP) is 4.85. The summed E-state index contributed by atoms with van der Waals surface area (Å²) in [5.41, 5.74) is 8.41. The molecule has 0 spiro atoms. The second kappa shape index (κ2) is 9.05. The summed E-state index contributed by atoms with van der Waals surface area (Å²) in [5, 5.41) is 3.92. The van der Waals surface area contributed by atoms with E-state index in [-0.39, 0.29) is 0 Å². The van der Waals surface area contributed by atoms with Crippen molar-refractivity contribution in [2.75, 3.05) is 5.32 Å². The minimum atomic E-state index is 0.299. The summed E-state index contributed by atoms with van der Waals surface area (Å²) in [5.74, 6) is 3.25. The Hall–Kier alpha value is -2.94. The summed E-state index contributed by atoms with van der Waals surface area (Å²) in [6.45, 7) is 8.65. The zero-order valence-electron chi connectivity index (χ0n) is 18.3. The van der Waals surface area contributed by atoms with Gasteiger partial charge in [0.15, 0.2) is 5.82 Å². The Kier molecular flexibility index (Phi) is 6.22. The van der Waals surface area contributed by atoms with Gasteiger partial charge in [0.1, 0.15) is 23.0 Å². The number of rotatable bonds is 8. The normalized spacial score (nSPS) is 15.0. The Morgan fingerprint density at radius 1 is 1.23 bits per heavy atom.